The van der Waals surface area contributed by atoms with E-state index in [2.05, 4.69) is 19.2 Å². The van der Waals surface area contributed by atoms with Gasteiger partial charge in [0.2, 0.25) is 0 Å². The van der Waals surface area contributed by atoms with Crippen molar-refractivity contribution in [1.82, 2.24) is 5.32 Å². The SMILES string of the molecule is CNC(C)CC(C)C1CCOC1. The standard InChI is InChI=1S/C10H21NO/c1-8(6-9(2)11-3)10-4-5-12-7-10/h8-11H,4-7H2,1-3H3. The smallest absolute Gasteiger partial charge is 0.0497 e. The molecule has 0 aliphatic carbocycles. The van der Waals surface area contributed by atoms with Gasteiger partial charge in [0.15, 0.2) is 0 Å². The van der Waals surface area contributed by atoms with E-state index >= 15 is 0 Å². The maximum Gasteiger partial charge on any atom is 0.0497 e. The van der Waals surface area contributed by atoms with Crippen molar-refractivity contribution in [3.05, 3.63) is 0 Å². The molecule has 3 atom stereocenters. The Morgan fingerprint density at radius 3 is 2.75 bits per heavy atom. The minimum absolute atomic E-state index is 0.639. The van der Waals surface area contributed by atoms with Crippen LogP contribution in [0.15, 0.2) is 0 Å². The molecule has 0 spiro atoms. The second kappa shape index (κ2) is 4.83. The van der Waals surface area contributed by atoms with Crippen molar-refractivity contribution in [2.45, 2.75) is 32.7 Å². The highest BCUT2D eigenvalue weighted by molar-refractivity contribution is 4.73. The quantitative estimate of drug-likeness (QED) is 0.694. The Bertz CT molecular complexity index is 121. The molecule has 1 N–H and O–H groups in total. The van der Waals surface area contributed by atoms with E-state index in [4.69, 9.17) is 4.74 Å². The number of rotatable bonds is 4. The molecule has 0 radical (unpaired) electrons. The van der Waals surface area contributed by atoms with Crippen molar-refractivity contribution in [3.63, 3.8) is 0 Å². The Balaban J connectivity index is 2.21. The van der Waals surface area contributed by atoms with E-state index in [1.165, 1.54) is 12.8 Å². The zero-order chi connectivity index (χ0) is 8.97. The molecule has 0 bridgehead atoms. The van der Waals surface area contributed by atoms with Crippen LogP contribution in [0, 0.1) is 11.8 Å². The molecule has 1 rings (SSSR count). The van der Waals surface area contributed by atoms with Crippen LogP contribution in [0.1, 0.15) is 26.7 Å². The molecule has 2 heteroatoms. The average Bonchev–Trinajstić information content (AvgIpc) is 2.56. The van der Waals surface area contributed by atoms with Gasteiger partial charge < -0.3 is 10.1 Å². The van der Waals surface area contributed by atoms with Gasteiger partial charge in [0.25, 0.3) is 0 Å². The van der Waals surface area contributed by atoms with Crippen LogP contribution in [0.25, 0.3) is 0 Å². The lowest BCUT2D eigenvalue weighted by atomic mass is 9.88. The molecule has 2 nitrogen and oxygen atoms in total. The Morgan fingerprint density at radius 1 is 1.50 bits per heavy atom. The van der Waals surface area contributed by atoms with E-state index in [0.29, 0.717) is 6.04 Å². The summed E-state index contributed by atoms with van der Waals surface area (Å²) < 4.78 is 5.37. The highest BCUT2D eigenvalue weighted by Crippen LogP contribution is 2.24. The predicted octanol–water partition coefficient (Wildman–Crippen LogP) is 1.66. The normalized spacial score (nSPS) is 28.8. The van der Waals surface area contributed by atoms with Crippen LogP contribution in [-0.2, 0) is 4.74 Å². The van der Waals surface area contributed by atoms with Gasteiger partial charge in [-0.05, 0) is 38.6 Å². The Labute approximate surface area is 75.7 Å². The molecule has 1 fully saturated rings. The maximum atomic E-state index is 5.37. The minimum atomic E-state index is 0.639. The van der Waals surface area contributed by atoms with Gasteiger partial charge in [-0.1, -0.05) is 6.92 Å². The third-order valence-corrected chi connectivity index (χ3v) is 2.99. The van der Waals surface area contributed by atoms with Crippen LogP contribution in [0.3, 0.4) is 0 Å². The first-order chi connectivity index (χ1) is 5.74. The van der Waals surface area contributed by atoms with Crippen LogP contribution in [0.5, 0.6) is 0 Å². The number of hydrogen-bond acceptors (Lipinski definition) is 2. The molecule has 0 amide bonds. The summed E-state index contributed by atoms with van der Waals surface area (Å²) in [6.07, 6.45) is 2.53. The van der Waals surface area contributed by atoms with Crippen LogP contribution >= 0.6 is 0 Å². The topological polar surface area (TPSA) is 21.3 Å². The maximum absolute atomic E-state index is 5.37. The van der Waals surface area contributed by atoms with Crippen LogP contribution in [-0.4, -0.2) is 26.3 Å². The monoisotopic (exact) mass is 171 g/mol. The number of hydrogen-bond donors (Lipinski definition) is 1. The van der Waals surface area contributed by atoms with Crippen molar-refractivity contribution in [1.29, 1.82) is 0 Å². The third kappa shape index (κ3) is 2.76. The lowest BCUT2D eigenvalue weighted by Gasteiger charge is -2.21. The summed E-state index contributed by atoms with van der Waals surface area (Å²) in [7, 11) is 2.03. The average molecular weight is 171 g/mol. The van der Waals surface area contributed by atoms with Gasteiger partial charge >= 0.3 is 0 Å². The second-order valence-electron chi connectivity index (χ2n) is 4.03. The zero-order valence-electron chi connectivity index (χ0n) is 8.47. The fourth-order valence-electron chi connectivity index (χ4n) is 1.87. The molecular formula is C10H21NO. The first kappa shape index (κ1) is 10.0. The lowest BCUT2D eigenvalue weighted by molar-refractivity contribution is 0.170. The van der Waals surface area contributed by atoms with E-state index in [1.54, 1.807) is 0 Å². The summed E-state index contributed by atoms with van der Waals surface area (Å²) in [6, 6.07) is 0.639. The van der Waals surface area contributed by atoms with Gasteiger partial charge in [-0.2, -0.15) is 0 Å². The summed E-state index contributed by atoms with van der Waals surface area (Å²) in [6.45, 7) is 6.54. The summed E-state index contributed by atoms with van der Waals surface area (Å²) in [5.41, 5.74) is 0. The Morgan fingerprint density at radius 2 is 2.25 bits per heavy atom. The zero-order valence-corrected chi connectivity index (χ0v) is 8.47. The van der Waals surface area contributed by atoms with Crippen molar-refractivity contribution in [3.8, 4) is 0 Å². The molecule has 0 saturated carbocycles. The molecule has 12 heavy (non-hydrogen) atoms. The molecule has 1 aliphatic heterocycles. The fourth-order valence-corrected chi connectivity index (χ4v) is 1.87. The van der Waals surface area contributed by atoms with Gasteiger partial charge in [0, 0.05) is 19.3 Å². The molecular weight excluding hydrogens is 150 g/mol. The third-order valence-electron chi connectivity index (χ3n) is 2.99. The van der Waals surface area contributed by atoms with Crippen LogP contribution in [0.2, 0.25) is 0 Å². The highest BCUT2D eigenvalue weighted by Gasteiger charge is 2.22. The molecule has 3 unspecified atom stereocenters. The highest BCUT2D eigenvalue weighted by atomic mass is 16.5. The molecule has 0 aromatic heterocycles. The summed E-state index contributed by atoms with van der Waals surface area (Å²) in [4.78, 5) is 0. The van der Waals surface area contributed by atoms with E-state index in [1.807, 2.05) is 7.05 Å². The van der Waals surface area contributed by atoms with Crippen LogP contribution in [0.4, 0.5) is 0 Å². The van der Waals surface area contributed by atoms with Crippen molar-refractivity contribution in [2.24, 2.45) is 11.8 Å². The molecule has 0 aromatic rings. The van der Waals surface area contributed by atoms with Crippen LogP contribution < -0.4 is 5.32 Å². The summed E-state index contributed by atoms with van der Waals surface area (Å²) in [5.74, 6) is 1.61. The first-order valence-corrected chi connectivity index (χ1v) is 4.99. The summed E-state index contributed by atoms with van der Waals surface area (Å²) >= 11 is 0. The Kier molecular flexibility index (Phi) is 4.02. The largest absolute Gasteiger partial charge is 0.381 e. The second-order valence-corrected chi connectivity index (χ2v) is 4.03. The molecule has 1 saturated heterocycles. The van der Waals surface area contributed by atoms with Crippen molar-refractivity contribution in [2.75, 3.05) is 20.3 Å². The molecule has 1 heterocycles. The number of nitrogens with one attached hydrogen (secondary N) is 1. The van der Waals surface area contributed by atoms with E-state index < -0.39 is 0 Å². The van der Waals surface area contributed by atoms with Gasteiger partial charge in [-0.25, -0.2) is 0 Å². The van der Waals surface area contributed by atoms with E-state index in [0.717, 1.165) is 25.0 Å². The van der Waals surface area contributed by atoms with Gasteiger partial charge in [-0.3, -0.25) is 0 Å². The predicted molar refractivity (Wildman–Crippen MR) is 51.2 cm³/mol. The van der Waals surface area contributed by atoms with Crippen molar-refractivity contribution < 1.29 is 4.74 Å². The van der Waals surface area contributed by atoms with Crippen molar-refractivity contribution >= 4 is 0 Å². The fraction of sp³-hybridized carbons (Fsp3) is 1.00. The van der Waals surface area contributed by atoms with E-state index in [-0.39, 0.29) is 0 Å². The summed E-state index contributed by atoms with van der Waals surface area (Å²) in [5, 5.41) is 3.28. The van der Waals surface area contributed by atoms with Gasteiger partial charge in [-0.15, -0.1) is 0 Å². The van der Waals surface area contributed by atoms with E-state index in [9.17, 15) is 0 Å². The molecule has 1 aliphatic rings. The Hall–Kier alpha value is -0.0800. The molecule has 72 valence electrons. The number of ether oxygens (including phenoxy) is 1. The lowest BCUT2D eigenvalue weighted by Crippen LogP contribution is -2.26. The molecule has 0 aromatic carbocycles. The minimum Gasteiger partial charge on any atom is -0.381 e. The van der Waals surface area contributed by atoms with Gasteiger partial charge in [0.05, 0.1) is 0 Å². The van der Waals surface area contributed by atoms with Gasteiger partial charge in [0.1, 0.15) is 0 Å². The first-order valence-electron chi connectivity index (χ1n) is 4.99.